The van der Waals surface area contributed by atoms with Crippen molar-refractivity contribution in [2.24, 2.45) is 0 Å². The lowest BCUT2D eigenvalue weighted by Crippen LogP contribution is -2.30. The Balaban J connectivity index is 2.19. The number of amides is 1. The van der Waals surface area contributed by atoms with Crippen molar-refractivity contribution >= 4 is 23.6 Å². The maximum absolute atomic E-state index is 12.3. The Morgan fingerprint density at radius 1 is 1.17 bits per heavy atom. The molecule has 0 radical (unpaired) electrons. The first-order valence-corrected chi connectivity index (χ1v) is 8.28. The van der Waals surface area contributed by atoms with Gasteiger partial charge < -0.3 is 10.1 Å². The molecule has 2 aromatic rings. The fourth-order valence-electron chi connectivity index (χ4n) is 2.08. The van der Waals surface area contributed by atoms with Crippen LogP contribution in [0, 0.1) is 0 Å². The molecule has 0 saturated carbocycles. The average Bonchev–Trinajstić information content (AvgIpc) is 2.61. The molecule has 1 heterocycles. The third kappa shape index (κ3) is 4.82. The zero-order chi connectivity index (χ0) is 16.7. The van der Waals surface area contributed by atoms with Gasteiger partial charge in [0.25, 0.3) is 5.91 Å². The lowest BCUT2D eigenvalue weighted by atomic mass is 10.0. The van der Waals surface area contributed by atoms with E-state index < -0.39 is 6.04 Å². The van der Waals surface area contributed by atoms with Crippen molar-refractivity contribution < 1.29 is 14.3 Å². The highest BCUT2D eigenvalue weighted by molar-refractivity contribution is 7.98. The number of nitrogens with zero attached hydrogens (tertiary/aromatic N) is 1. The first kappa shape index (κ1) is 17.0. The summed E-state index contributed by atoms with van der Waals surface area (Å²) in [4.78, 5) is 29.0. The first-order valence-electron chi connectivity index (χ1n) is 7.05. The minimum atomic E-state index is -0.445. The van der Waals surface area contributed by atoms with Gasteiger partial charge in [0.1, 0.15) is 0 Å². The van der Waals surface area contributed by atoms with E-state index in [0.29, 0.717) is 5.56 Å². The lowest BCUT2D eigenvalue weighted by Gasteiger charge is -2.18. The monoisotopic (exact) mass is 330 g/mol. The molecule has 1 N–H and O–H groups in total. The number of benzene rings is 1. The summed E-state index contributed by atoms with van der Waals surface area (Å²) in [6.45, 7) is 0. The van der Waals surface area contributed by atoms with Crippen LogP contribution in [0.5, 0.6) is 0 Å². The zero-order valence-corrected chi connectivity index (χ0v) is 13.8. The second-order valence-electron chi connectivity index (χ2n) is 4.82. The third-order valence-electron chi connectivity index (χ3n) is 3.36. The van der Waals surface area contributed by atoms with Gasteiger partial charge in [-0.2, -0.15) is 0 Å². The molecular formula is C17H18N2O3S. The van der Waals surface area contributed by atoms with Crippen LogP contribution in [-0.2, 0) is 9.53 Å². The summed E-state index contributed by atoms with van der Waals surface area (Å²) in [6, 6.07) is 10.5. The number of methoxy groups -OCH3 is 1. The van der Waals surface area contributed by atoms with E-state index in [9.17, 15) is 9.59 Å². The van der Waals surface area contributed by atoms with E-state index >= 15 is 0 Å². The van der Waals surface area contributed by atoms with Gasteiger partial charge in [0.2, 0.25) is 0 Å². The van der Waals surface area contributed by atoms with Crippen LogP contribution in [-0.4, -0.2) is 30.2 Å². The lowest BCUT2D eigenvalue weighted by molar-refractivity contribution is -0.141. The number of nitrogens with one attached hydrogen (secondary N) is 1. The Hall–Kier alpha value is -2.34. The Bertz CT molecular complexity index is 659. The third-order valence-corrected chi connectivity index (χ3v) is 4.11. The van der Waals surface area contributed by atoms with Gasteiger partial charge >= 0.3 is 5.97 Å². The molecule has 120 valence electrons. The van der Waals surface area contributed by atoms with Crippen LogP contribution in [0.1, 0.15) is 28.4 Å². The molecule has 0 aliphatic heterocycles. The normalized spacial score (nSPS) is 11.6. The number of rotatable bonds is 6. The number of hydrogen-bond donors (Lipinski definition) is 1. The molecule has 0 bridgehead atoms. The Labute approximate surface area is 139 Å². The smallest absolute Gasteiger partial charge is 0.307 e. The van der Waals surface area contributed by atoms with E-state index in [-0.39, 0.29) is 18.3 Å². The molecule has 23 heavy (non-hydrogen) atoms. The quantitative estimate of drug-likeness (QED) is 0.651. The Morgan fingerprint density at radius 2 is 1.83 bits per heavy atom. The van der Waals surface area contributed by atoms with Crippen molar-refractivity contribution in [3.05, 3.63) is 59.9 Å². The summed E-state index contributed by atoms with van der Waals surface area (Å²) in [5, 5.41) is 2.88. The first-order chi connectivity index (χ1) is 11.1. The number of esters is 1. The maximum Gasteiger partial charge on any atom is 0.307 e. The van der Waals surface area contributed by atoms with Crippen LogP contribution in [0.25, 0.3) is 0 Å². The van der Waals surface area contributed by atoms with E-state index in [0.717, 1.165) is 10.5 Å². The number of carbonyl (C=O) groups is 2. The van der Waals surface area contributed by atoms with Crippen molar-refractivity contribution in [1.29, 1.82) is 0 Å². The summed E-state index contributed by atoms with van der Waals surface area (Å²) < 4.78 is 4.73. The summed E-state index contributed by atoms with van der Waals surface area (Å²) in [5.41, 5.74) is 1.35. The van der Waals surface area contributed by atoms with Crippen LogP contribution >= 0.6 is 11.8 Å². The zero-order valence-electron chi connectivity index (χ0n) is 13.0. The Morgan fingerprint density at radius 3 is 2.39 bits per heavy atom. The van der Waals surface area contributed by atoms with Crippen LogP contribution < -0.4 is 5.32 Å². The molecule has 1 aromatic carbocycles. The SMILES string of the molecule is COC(=O)C[C@H](NC(=O)c1ccncc1)c1ccc(SC)cc1. The summed E-state index contributed by atoms with van der Waals surface area (Å²) >= 11 is 1.63. The standard InChI is InChI=1S/C17H18N2O3S/c1-22-16(20)11-15(12-3-5-14(23-2)6-4-12)19-17(21)13-7-9-18-10-8-13/h3-10,15H,11H2,1-2H3,(H,19,21)/t15-/m0/s1. The van der Waals surface area contributed by atoms with E-state index in [1.54, 1.807) is 36.3 Å². The number of carbonyl (C=O) groups excluding carboxylic acids is 2. The second kappa shape index (κ2) is 8.33. The summed E-state index contributed by atoms with van der Waals surface area (Å²) in [6.07, 6.45) is 5.17. The minimum Gasteiger partial charge on any atom is -0.469 e. The van der Waals surface area contributed by atoms with Gasteiger partial charge in [0.05, 0.1) is 19.6 Å². The van der Waals surface area contributed by atoms with Crippen LogP contribution in [0.15, 0.2) is 53.7 Å². The van der Waals surface area contributed by atoms with Crippen LogP contribution in [0.3, 0.4) is 0 Å². The number of hydrogen-bond acceptors (Lipinski definition) is 5. The summed E-state index contributed by atoms with van der Waals surface area (Å²) in [5.74, 6) is -0.630. The topological polar surface area (TPSA) is 68.3 Å². The molecule has 0 unspecified atom stereocenters. The molecule has 0 saturated heterocycles. The second-order valence-corrected chi connectivity index (χ2v) is 5.70. The highest BCUT2D eigenvalue weighted by Crippen LogP contribution is 2.22. The highest BCUT2D eigenvalue weighted by atomic mass is 32.2. The largest absolute Gasteiger partial charge is 0.469 e. The molecule has 1 atom stereocenters. The molecule has 5 nitrogen and oxygen atoms in total. The molecule has 2 rings (SSSR count). The molecular weight excluding hydrogens is 312 g/mol. The van der Waals surface area contributed by atoms with E-state index in [2.05, 4.69) is 10.3 Å². The number of pyridine rings is 1. The number of aromatic nitrogens is 1. The van der Waals surface area contributed by atoms with Crippen molar-refractivity contribution in [3.63, 3.8) is 0 Å². The fourth-order valence-corrected chi connectivity index (χ4v) is 2.49. The van der Waals surface area contributed by atoms with Crippen molar-refractivity contribution in [2.45, 2.75) is 17.4 Å². The van der Waals surface area contributed by atoms with E-state index in [1.807, 2.05) is 30.5 Å². The van der Waals surface area contributed by atoms with Crippen molar-refractivity contribution in [2.75, 3.05) is 13.4 Å². The average molecular weight is 330 g/mol. The van der Waals surface area contributed by atoms with Gasteiger partial charge in [0, 0.05) is 22.9 Å². The minimum absolute atomic E-state index is 0.0753. The fraction of sp³-hybridized carbons (Fsp3) is 0.235. The predicted octanol–water partition coefficient (Wildman–Crippen LogP) is 2.84. The van der Waals surface area contributed by atoms with Gasteiger partial charge in [-0.3, -0.25) is 14.6 Å². The van der Waals surface area contributed by atoms with Crippen LogP contribution in [0.2, 0.25) is 0 Å². The van der Waals surface area contributed by atoms with Gasteiger partial charge in [-0.1, -0.05) is 12.1 Å². The molecule has 1 amide bonds. The molecule has 0 fully saturated rings. The summed E-state index contributed by atoms with van der Waals surface area (Å²) in [7, 11) is 1.33. The van der Waals surface area contributed by atoms with Gasteiger partial charge in [-0.05, 0) is 36.1 Å². The van der Waals surface area contributed by atoms with Crippen molar-refractivity contribution in [3.8, 4) is 0 Å². The highest BCUT2D eigenvalue weighted by Gasteiger charge is 2.19. The molecule has 0 spiro atoms. The number of thioether (sulfide) groups is 1. The van der Waals surface area contributed by atoms with E-state index in [1.165, 1.54) is 7.11 Å². The van der Waals surface area contributed by atoms with Gasteiger partial charge in [-0.25, -0.2) is 0 Å². The molecule has 0 aliphatic carbocycles. The van der Waals surface area contributed by atoms with Crippen LogP contribution in [0.4, 0.5) is 0 Å². The molecule has 6 heteroatoms. The Kier molecular flexibility index (Phi) is 6.17. The number of ether oxygens (including phenoxy) is 1. The van der Waals surface area contributed by atoms with Gasteiger partial charge in [-0.15, -0.1) is 11.8 Å². The molecule has 1 aromatic heterocycles. The van der Waals surface area contributed by atoms with E-state index in [4.69, 9.17) is 4.74 Å². The molecule has 0 aliphatic rings. The van der Waals surface area contributed by atoms with Crippen molar-refractivity contribution in [1.82, 2.24) is 10.3 Å². The van der Waals surface area contributed by atoms with Gasteiger partial charge in [0.15, 0.2) is 0 Å². The predicted molar refractivity (Wildman–Crippen MR) is 89.3 cm³/mol. The maximum atomic E-state index is 12.3.